The van der Waals surface area contributed by atoms with E-state index in [-0.39, 0.29) is 12.3 Å². The molecule has 0 amide bonds. The van der Waals surface area contributed by atoms with Gasteiger partial charge in [0.1, 0.15) is 5.82 Å². The standard InChI is InChI=1S/C17H14FNO2S/c1-11(10-19)12-3-6-15(7-4-12)22-16-9-14(18)5-2-13(16)8-17(20)21/h2-7,9,11H,8H2,1H3,(H,20,21). The van der Waals surface area contributed by atoms with Gasteiger partial charge < -0.3 is 5.11 Å². The van der Waals surface area contributed by atoms with Crippen LogP contribution in [0, 0.1) is 17.1 Å². The number of aliphatic carboxylic acids is 1. The van der Waals surface area contributed by atoms with Gasteiger partial charge in [0.15, 0.2) is 0 Å². The van der Waals surface area contributed by atoms with Crippen LogP contribution in [0.3, 0.4) is 0 Å². The highest BCUT2D eigenvalue weighted by Crippen LogP contribution is 2.32. The molecule has 0 aromatic heterocycles. The number of rotatable bonds is 5. The Labute approximate surface area is 132 Å². The van der Waals surface area contributed by atoms with E-state index in [0.717, 1.165) is 10.5 Å². The van der Waals surface area contributed by atoms with Gasteiger partial charge in [0.05, 0.1) is 18.4 Å². The number of benzene rings is 2. The molecule has 1 atom stereocenters. The van der Waals surface area contributed by atoms with E-state index in [0.29, 0.717) is 10.5 Å². The van der Waals surface area contributed by atoms with E-state index < -0.39 is 11.8 Å². The summed E-state index contributed by atoms with van der Waals surface area (Å²) in [5.41, 5.74) is 1.49. The van der Waals surface area contributed by atoms with E-state index in [1.54, 1.807) is 0 Å². The van der Waals surface area contributed by atoms with Gasteiger partial charge in [-0.3, -0.25) is 4.79 Å². The van der Waals surface area contributed by atoms with Crippen LogP contribution in [0.25, 0.3) is 0 Å². The molecule has 0 aliphatic carbocycles. The fourth-order valence-electron chi connectivity index (χ4n) is 1.96. The molecule has 2 aromatic carbocycles. The SMILES string of the molecule is CC(C#N)c1ccc(Sc2cc(F)ccc2CC(=O)O)cc1. The van der Waals surface area contributed by atoms with Crippen LogP contribution in [0.4, 0.5) is 4.39 Å². The summed E-state index contributed by atoms with van der Waals surface area (Å²) in [6, 6.07) is 13.7. The van der Waals surface area contributed by atoms with Gasteiger partial charge in [0.25, 0.3) is 0 Å². The lowest BCUT2D eigenvalue weighted by Crippen LogP contribution is -2.01. The summed E-state index contributed by atoms with van der Waals surface area (Å²) in [7, 11) is 0. The van der Waals surface area contributed by atoms with Crippen LogP contribution in [-0.4, -0.2) is 11.1 Å². The number of halogens is 1. The predicted octanol–water partition coefficient (Wildman–Crippen LogP) is 4.23. The third-order valence-electron chi connectivity index (χ3n) is 3.17. The topological polar surface area (TPSA) is 61.1 Å². The first-order chi connectivity index (χ1) is 10.5. The van der Waals surface area contributed by atoms with Gasteiger partial charge >= 0.3 is 5.97 Å². The fraction of sp³-hybridized carbons (Fsp3) is 0.176. The number of nitriles is 1. The number of carbonyl (C=O) groups is 1. The molecule has 0 bridgehead atoms. The number of nitrogens with zero attached hydrogens (tertiary/aromatic N) is 1. The largest absolute Gasteiger partial charge is 0.481 e. The molecule has 0 fully saturated rings. The molecule has 0 radical (unpaired) electrons. The first kappa shape index (κ1) is 16.1. The fourth-order valence-corrected chi connectivity index (χ4v) is 2.93. The normalized spacial score (nSPS) is 11.7. The molecular formula is C17H14FNO2S. The summed E-state index contributed by atoms with van der Waals surface area (Å²) >= 11 is 1.31. The van der Waals surface area contributed by atoms with Crippen molar-refractivity contribution in [2.24, 2.45) is 0 Å². The summed E-state index contributed by atoms with van der Waals surface area (Å²) in [6.45, 7) is 1.82. The maximum absolute atomic E-state index is 13.4. The monoisotopic (exact) mass is 315 g/mol. The average Bonchev–Trinajstić information content (AvgIpc) is 2.49. The van der Waals surface area contributed by atoms with E-state index in [2.05, 4.69) is 6.07 Å². The van der Waals surface area contributed by atoms with Crippen molar-refractivity contribution in [3.05, 3.63) is 59.4 Å². The molecule has 1 N–H and O–H groups in total. The second-order valence-electron chi connectivity index (χ2n) is 4.84. The summed E-state index contributed by atoms with van der Waals surface area (Å²) in [5.74, 6) is -1.53. The highest BCUT2D eigenvalue weighted by atomic mass is 32.2. The first-order valence-corrected chi connectivity index (χ1v) is 7.49. The van der Waals surface area contributed by atoms with Crippen molar-refractivity contribution >= 4 is 17.7 Å². The van der Waals surface area contributed by atoms with Gasteiger partial charge in [-0.15, -0.1) is 0 Å². The van der Waals surface area contributed by atoms with E-state index >= 15 is 0 Å². The van der Waals surface area contributed by atoms with Crippen molar-refractivity contribution in [1.29, 1.82) is 5.26 Å². The van der Waals surface area contributed by atoms with Crippen LogP contribution in [0.5, 0.6) is 0 Å². The summed E-state index contributed by atoms with van der Waals surface area (Å²) < 4.78 is 13.4. The van der Waals surface area contributed by atoms with Crippen LogP contribution >= 0.6 is 11.8 Å². The molecule has 0 saturated carbocycles. The highest BCUT2D eigenvalue weighted by Gasteiger charge is 2.10. The van der Waals surface area contributed by atoms with Crippen molar-refractivity contribution in [3.63, 3.8) is 0 Å². The van der Waals surface area contributed by atoms with Crippen LogP contribution in [0.2, 0.25) is 0 Å². The Morgan fingerprint density at radius 1 is 1.32 bits per heavy atom. The second-order valence-corrected chi connectivity index (χ2v) is 5.96. The number of carboxylic acid groups (broad SMARTS) is 1. The molecule has 2 rings (SSSR count). The zero-order chi connectivity index (χ0) is 16.1. The van der Waals surface area contributed by atoms with Crippen molar-refractivity contribution in [2.75, 3.05) is 0 Å². The maximum Gasteiger partial charge on any atom is 0.307 e. The zero-order valence-corrected chi connectivity index (χ0v) is 12.7. The maximum atomic E-state index is 13.4. The molecule has 112 valence electrons. The predicted molar refractivity (Wildman–Crippen MR) is 82.3 cm³/mol. The van der Waals surface area contributed by atoms with Crippen LogP contribution in [-0.2, 0) is 11.2 Å². The van der Waals surface area contributed by atoms with Gasteiger partial charge in [0.2, 0.25) is 0 Å². The third-order valence-corrected chi connectivity index (χ3v) is 4.28. The minimum absolute atomic E-state index is 0.147. The van der Waals surface area contributed by atoms with E-state index in [1.807, 2.05) is 31.2 Å². The smallest absolute Gasteiger partial charge is 0.307 e. The highest BCUT2D eigenvalue weighted by molar-refractivity contribution is 7.99. The van der Waals surface area contributed by atoms with Crippen molar-refractivity contribution in [1.82, 2.24) is 0 Å². The number of carboxylic acids is 1. The lowest BCUT2D eigenvalue weighted by molar-refractivity contribution is -0.136. The molecule has 0 spiro atoms. The second kappa shape index (κ2) is 7.10. The molecule has 0 aliphatic heterocycles. The van der Waals surface area contributed by atoms with Gasteiger partial charge in [-0.2, -0.15) is 5.26 Å². The van der Waals surface area contributed by atoms with Crippen molar-refractivity contribution in [3.8, 4) is 6.07 Å². The Morgan fingerprint density at radius 3 is 2.59 bits per heavy atom. The number of hydrogen-bond acceptors (Lipinski definition) is 3. The van der Waals surface area contributed by atoms with Gasteiger partial charge in [-0.1, -0.05) is 30.0 Å². The Kier molecular flexibility index (Phi) is 5.18. The third kappa shape index (κ3) is 4.09. The lowest BCUT2D eigenvalue weighted by Gasteiger charge is -2.09. The van der Waals surface area contributed by atoms with Gasteiger partial charge in [0, 0.05) is 9.79 Å². The Bertz CT molecular complexity index is 722. The molecule has 5 heteroatoms. The lowest BCUT2D eigenvalue weighted by atomic mass is 10.0. The van der Waals surface area contributed by atoms with Crippen LogP contribution < -0.4 is 0 Å². The number of hydrogen-bond donors (Lipinski definition) is 1. The van der Waals surface area contributed by atoms with E-state index in [1.165, 1.54) is 30.0 Å². The molecule has 3 nitrogen and oxygen atoms in total. The minimum Gasteiger partial charge on any atom is -0.481 e. The zero-order valence-electron chi connectivity index (χ0n) is 11.9. The summed E-state index contributed by atoms with van der Waals surface area (Å²) in [4.78, 5) is 12.3. The van der Waals surface area contributed by atoms with E-state index in [9.17, 15) is 9.18 Å². The molecule has 0 aliphatic rings. The van der Waals surface area contributed by atoms with Crippen molar-refractivity contribution < 1.29 is 14.3 Å². The molecule has 2 aromatic rings. The van der Waals surface area contributed by atoms with Crippen LogP contribution in [0.1, 0.15) is 24.0 Å². The van der Waals surface area contributed by atoms with Gasteiger partial charge in [-0.05, 0) is 42.3 Å². The Hall–Kier alpha value is -2.32. The Morgan fingerprint density at radius 2 is 2.00 bits per heavy atom. The van der Waals surface area contributed by atoms with Crippen LogP contribution in [0.15, 0.2) is 52.3 Å². The average molecular weight is 315 g/mol. The minimum atomic E-state index is -0.952. The quantitative estimate of drug-likeness (QED) is 0.897. The first-order valence-electron chi connectivity index (χ1n) is 6.67. The molecule has 1 unspecified atom stereocenters. The molecule has 22 heavy (non-hydrogen) atoms. The molecule has 0 saturated heterocycles. The van der Waals surface area contributed by atoms with Gasteiger partial charge in [-0.25, -0.2) is 4.39 Å². The molecule has 0 heterocycles. The molecular weight excluding hydrogens is 301 g/mol. The van der Waals surface area contributed by atoms with E-state index in [4.69, 9.17) is 10.4 Å². The van der Waals surface area contributed by atoms with Crippen molar-refractivity contribution in [2.45, 2.75) is 29.1 Å². The summed E-state index contributed by atoms with van der Waals surface area (Å²) in [6.07, 6.45) is -0.147. The Balaban J connectivity index is 2.25. The summed E-state index contributed by atoms with van der Waals surface area (Å²) in [5, 5.41) is 17.8.